The standard InChI is InChI=1S/C23H20FN7O2/c1-14(12-27-19(32)9-10-25)31-23-20(22(26)28-13-29-23)21(30-31)17-8-7-16(11-18(17)24)33-15-5-3-2-4-6-15/h2-8,11,13-14H,9,12H2,1H3,(H,27,32)(H2,26,28,29). The van der Waals surface area contributed by atoms with Gasteiger partial charge in [0.05, 0.1) is 17.5 Å². The first-order chi connectivity index (χ1) is 16.0. The van der Waals surface area contributed by atoms with Crippen molar-refractivity contribution in [3.05, 3.63) is 60.7 Å². The number of nitrogens with one attached hydrogen (secondary N) is 1. The van der Waals surface area contributed by atoms with E-state index in [4.69, 9.17) is 15.7 Å². The Morgan fingerprint density at radius 3 is 2.76 bits per heavy atom. The van der Waals surface area contributed by atoms with Crippen LogP contribution in [0.5, 0.6) is 11.5 Å². The Kier molecular flexibility index (Phi) is 6.13. The van der Waals surface area contributed by atoms with Crippen LogP contribution in [0, 0.1) is 17.1 Å². The lowest BCUT2D eigenvalue weighted by Crippen LogP contribution is -2.29. The van der Waals surface area contributed by atoms with Crippen molar-refractivity contribution in [3.63, 3.8) is 0 Å². The molecule has 0 fully saturated rings. The minimum absolute atomic E-state index is 0.158. The number of anilines is 1. The van der Waals surface area contributed by atoms with Crippen molar-refractivity contribution in [2.75, 3.05) is 12.3 Å². The van der Waals surface area contributed by atoms with Crippen molar-refractivity contribution in [1.82, 2.24) is 25.1 Å². The third-order valence-corrected chi connectivity index (χ3v) is 4.94. The maximum atomic E-state index is 15.1. The molecule has 1 amide bonds. The van der Waals surface area contributed by atoms with Crippen LogP contribution in [0.15, 0.2) is 54.9 Å². The quantitative estimate of drug-likeness (QED) is 0.444. The van der Waals surface area contributed by atoms with Gasteiger partial charge >= 0.3 is 0 Å². The van der Waals surface area contributed by atoms with E-state index in [0.717, 1.165) is 0 Å². The Bertz CT molecular complexity index is 1350. The lowest BCUT2D eigenvalue weighted by molar-refractivity contribution is -0.120. The minimum atomic E-state index is -0.548. The molecular weight excluding hydrogens is 425 g/mol. The summed E-state index contributed by atoms with van der Waals surface area (Å²) in [6, 6.07) is 15.0. The Labute approximate surface area is 188 Å². The summed E-state index contributed by atoms with van der Waals surface area (Å²) in [6.07, 6.45) is 1.06. The summed E-state index contributed by atoms with van der Waals surface area (Å²) in [5.74, 6) is 0.141. The van der Waals surface area contributed by atoms with Gasteiger partial charge in [-0.05, 0) is 31.2 Å². The Hall–Kier alpha value is -4.52. The van der Waals surface area contributed by atoms with Crippen LogP contribution in [0.3, 0.4) is 0 Å². The molecule has 33 heavy (non-hydrogen) atoms. The van der Waals surface area contributed by atoms with E-state index in [-0.39, 0.29) is 36.1 Å². The number of carbonyl (C=O) groups excluding carboxylic acids is 1. The number of fused-ring (bicyclic) bond motifs is 1. The highest BCUT2D eigenvalue weighted by Crippen LogP contribution is 2.35. The van der Waals surface area contributed by atoms with Crippen LogP contribution < -0.4 is 15.8 Å². The van der Waals surface area contributed by atoms with E-state index >= 15 is 4.39 Å². The van der Waals surface area contributed by atoms with Crippen LogP contribution in [0.1, 0.15) is 19.4 Å². The van der Waals surface area contributed by atoms with Gasteiger partial charge in [0.2, 0.25) is 5.91 Å². The van der Waals surface area contributed by atoms with Crippen LogP contribution in [0.2, 0.25) is 0 Å². The third-order valence-electron chi connectivity index (χ3n) is 4.94. The number of para-hydroxylation sites is 1. The van der Waals surface area contributed by atoms with Gasteiger partial charge in [-0.25, -0.2) is 19.0 Å². The highest BCUT2D eigenvalue weighted by molar-refractivity contribution is 5.98. The predicted octanol–water partition coefficient (Wildman–Crippen LogP) is 3.60. The number of nitrogen functional groups attached to an aromatic ring is 1. The fraction of sp³-hybridized carbons (Fsp3) is 0.174. The number of amides is 1. The molecule has 0 bridgehead atoms. The van der Waals surface area contributed by atoms with Gasteiger partial charge in [-0.1, -0.05) is 18.2 Å². The fourth-order valence-electron chi connectivity index (χ4n) is 3.35. The summed E-state index contributed by atoms with van der Waals surface area (Å²) < 4.78 is 22.4. The summed E-state index contributed by atoms with van der Waals surface area (Å²) in [4.78, 5) is 20.0. The zero-order valence-corrected chi connectivity index (χ0v) is 17.7. The van der Waals surface area contributed by atoms with Gasteiger partial charge < -0.3 is 15.8 Å². The molecule has 166 valence electrons. The molecule has 0 saturated heterocycles. The first-order valence-corrected chi connectivity index (χ1v) is 10.1. The molecular formula is C23H20FN7O2. The molecule has 2 aromatic carbocycles. The normalized spacial score (nSPS) is 11.7. The fourth-order valence-corrected chi connectivity index (χ4v) is 3.35. The number of nitriles is 1. The maximum Gasteiger partial charge on any atom is 0.234 e. The van der Waals surface area contributed by atoms with Crippen molar-refractivity contribution in [2.45, 2.75) is 19.4 Å². The van der Waals surface area contributed by atoms with Crippen LogP contribution in [-0.4, -0.2) is 32.2 Å². The number of hydrogen-bond acceptors (Lipinski definition) is 7. The Balaban J connectivity index is 1.69. The topological polar surface area (TPSA) is 132 Å². The molecule has 2 heterocycles. The second kappa shape index (κ2) is 9.32. The number of nitrogens with zero attached hydrogens (tertiary/aromatic N) is 5. The van der Waals surface area contributed by atoms with E-state index in [1.54, 1.807) is 35.0 Å². The van der Waals surface area contributed by atoms with Gasteiger partial charge in [-0.2, -0.15) is 10.4 Å². The van der Waals surface area contributed by atoms with Crippen molar-refractivity contribution in [1.29, 1.82) is 5.26 Å². The molecule has 1 unspecified atom stereocenters. The molecule has 3 N–H and O–H groups in total. The van der Waals surface area contributed by atoms with E-state index in [1.807, 2.05) is 25.1 Å². The van der Waals surface area contributed by atoms with Crippen LogP contribution in [-0.2, 0) is 4.79 Å². The Morgan fingerprint density at radius 2 is 2.03 bits per heavy atom. The molecule has 0 radical (unpaired) electrons. The summed E-state index contributed by atoms with van der Waals surface area (Å²) in [7, 11) is 0. The van der Waals surface area contributed by atoms with Gasteiger partial charge in [0.1, 0.15) is 41.6 Å². The van der Waals surface area contributed by atoms with Crippen LogP contribution >= 0.6 is 0 Å². The van der Waals surface area contributed by atoms with E-state index in [2.05, 4.69) is 20.4 Å². The second-order valence-electron chi connectivity index (χ2n) is 7.30. The van der Waals surface area contributed by atoms with Gasteiger partial charge in [0.25, 0.3) is 0 Å². The summed E-state index contributed by atoms with van der Waals surface area (Å²) in [5, 5.41) is 16.3. The number of benzene rings is 2. The van der Waals surface area contributed by atoms with E-state index in [1.165, 1.54) is 12.4 Å². The predicted molar refractivity (Wildman–Crippen MR) is 120 cm³/mol. The van der Waals surface area contributed by atoms with Crippen molar-refractivity contribution in [2.24, 2.45) is 0 Å². The molecule has 2 aromatic heterocycles. The van der Waals surface area contributed by atoms with Gasteiger partial charge in [0, 0.05) is 18.2 Å². The summed E-state index contributed by atoms with van der Waals surface area (Å²) in [6.45, 7) is 2.02. The highest BCUT2D eigenvalue weighted by Gasteiger charge is 2.22. The van der Waals surface area contributed by atoms with Gasteiger partial charge in [-0.15, -0.1) is 0 Å². The zero-order valence-electron chi connectivity index (χ0n) is 17.7. The number of rotatable bonds is 7. The number of aromatic nitrogens is 4. The lowest BCUT2D eigenvalue weighted by Gasteiger charge is -2.13. The third kappa shape index (κ3) is 4.57. The van der Waals surface area contributed by atoms with E-state index in [0.29, 0.717) is 22.5 Å². The summed E-state index contributed by atoms with van der Waals surface area (Å²) in [5.41, 5.74) is 6.99. The number of carbonyl (C=O) groups is 1. The number of hydrogen-bond donors (Lipinski definition) is 2. The van der Waals surface area contributed by atoms with Crippen LogP contribution in [0.4, 0.5) is 10.2 Å². The minimum Gasteiger partial charge on any atom is -0.457 e. The van der Waals surface area contributed by atoms with E-state index in [9.17, 15) is 4.79 Å². The van der Waals surface area contributed by atoms with E-state index < -0.39 is 11.7 Å². The smallest absolute Gasteiger partial charge is 0.234 e. The second-order valence-corrected chi connectivity index (χ2v) is 7.30. The lowest BCUT2D eigenvalue weighted by atomic mass is 10.1. The monoisotopic (exact) mass is 445 g/mol. The Morgan fingerprint density at radius 1 is 1.24 bits per heavy atom. The average molecular weight is 445 g/mol. The molecule has 9 nitrogen and oxygen atoms in total. The molecule has 0 saturated carbocycles. The molecule has 0 aliphatic carbocycles. The molecule has 4 rings (SSSR count). The molecule has 10 heteroatoms. The van der Waals surface area contributed by atoms with Crippen molar-refractivity contribution < 1.29 is 13.9 Å². The molecule has 4 aromatic rings. The van der Waals surface area contributed by atoms with Crippen LogP contribution in [0.25, 0.3) is 22.3 Å². The molecule has 0 aliphatic heterocycles. The number of nitrogens with two attached hydrogens (primary N) is 1. The van der Waals surface area contributed by atoms with Gasteiger partial charge in [-0.3, -0.25) is 4.79 Å². The number of halogens is 1. The summed E-state index contributed by atoms with van der Waals surface area (Å²) >= 11 is 0. The SMILES string of the molecule is CC(CNC(=O)CC#N)n1nc(-c2ccc(Oc3ccccc3)cc2F)c2c(N)ncnc21. The van der Waals surface area contributed by atoms with Crippen molar-refractivity contribution in [3.8, 4) is 28.8 Å². The maximum absolute atomic E-state index is 15.1. The van der Waals surface area contributed by atoms with Crippen molar-refractivity contribution >= 4 is 22.8 Å². The zero-order chi connectivity index (χ0) is 23.4. The van der Waals surface area contributed by atoms with Gasteiger partial charge in [0.15, 0.2) is 5.65 Å². The average Bonchev–Trinajstić information content (AvgIpc) is 3.19. The first kappa shape index (κ1) is 21.7. The highest BCUT2D eigenvalue weighted by atomic mass is 19.1. The first-order valence-electron chi connectivity index (χ1n) is 10.1. The molecule has 0 aliphatic rings. The molecule has 1 atom stereocenters. The number of ether oxygens (including phenoxy) is 1. The molecule has 0 spiro atoms. The largest absolute Gasteiger partial charge is 0.457 e.